The molecule has 3 nitrogen and oxygen atoms in total. The predicted octanol–water partition coefficient (Wildman–Crippen LogP) is 3.86. The van der Waals surface area contributed by atoms with E-state index in [9.17, 15) is 9.90 Å². The molecule has 0 amide bonds. The molecule has 2 aromatic carbocycles. The summed E-state index contributed by atoms with van der Waals surface area (Å²) >= 11 is 0. The summed E-state index contributed by atoms with van der Waals surface area (Å²) in [4.78, 5) is 11.4. The first-order chi connectivity index (χ1) is 10.7. The third-order valence-corrected chi connectivity index (χ3v) is 3.66. The molecule has 3 heteroatoms. The molecule has 22 heavy (non-hydrogen) atoms. The second kappa shape index (κ2) is 8.03. The van der Waals surface area contributed by atoms with Gasteiger partial charge in [-0.05, 0) is 47.9 Å². The standard InChI is InChI=1S/C19H21NO2/c1-2-20-12-4-7-18(14-21)17-6-3-5-16(13-17)15-8-10-19(22)11-9-15/h2-3,5-6,8-11,13-14,18,20,22H,1,4,7,12H2. The average molecular weight is 295 g/mol. The first-order valence-electron chi connectivity index (χ1n) is 7.43. The fourth-order valence-electron chi connectivity index (χ4n) is 2.44. The van der Waals surface area contributed by atoms with Crippen LogP contribution in [0.5, 0.6) is 5.75 Å². The van der Waals surface area contributed by atoms with E-state index in [0.29, 0.717) is 0 Å². The smallest absolute Gasteiger partial charge is 0.127 e. The molecule has 2 rings (SSSR count). The van der Waals surface area contributed by atoms with Crippen molar-refractivity contribution in [2.45, 2.75) is 18.8 Å². The van der Waals surface area contributed by atoms with Gasteiger partial charge < -0.3 is 15.2 Å². The van der Waals surface area contributed by atoms with Gasteiger partial charge in [0.25, 0.3) is 0 Å². The second-order valence-corrected chi connectivity index (χ2v) is 5.22. The summed E-state index contributed by atoms with van der Waals surface area (Å²) in [5.74, 6) is 0.157. The Morgan fingerprint density at radius 1 is 1.14 bits per heavy atom. The van der Waals surface area contributed by atoms with Crippen LogP contribution in [0.2, 0.25) is 0 Å². The van der Waals surface area contributed by atoms with Crippen LogP contribution in [0.4, 0.5) is 0 Å². The van der Waals surface area contributed by atoms with E-state index in [1.54, 1.807) is 18.3 Å². The summed E-state index contributed by atoms with van der Waals surface area (Å²) in [6, 6.07) is 15.1. The van der Waals surface area contributed by atoms with E-state index in [1.807, 2.05) is 36.4 Å². The first kappa shape index (κ1) is 15.8. The molecule has 2 N–H and O–H groups in total. The molecule has 114 valence electrons. The molecule has 0 fully saturated rings. The quantitative estimate of drug-likeness (QED) is 0.574. The molecular formula is C19H21NO2. The van der Waals surface area contributed by atoms with Crippen LogP contribution in [0.1, 0.15) is 24.3 Å². The molecule has 1 atom stereocenters. The molecule has 0 spiro atoms. The number of hydrogen-bond acceptors (Lipinski definition) is 3. The highest BCUT2D eigenvalue weighted by atomic mass is 16.3. The van der Waals surface area contributed by atoms with Crippen molar-refractivity contribution in [2.75, 3.05) is 6.54 Å². The van der Waals surface area contributed by atoms with Crippen LogP contribution in [-0.4, -0.2) is 17.9 Å². The zero-order valence-electron chi connectivity index (χ0n) is 12.5. The lowest BCUT2D eigenvalue weighted by molar-refractivity contribution is -0.109. The Hall–Kier alpha value is -2.55. The first-order valence-corrected chi connectivity index (χ1v) is 7.43. The molecule has 0 heterocycles. The predicted molar refractivity (Wildman–Crippen MR) is 89.8 cm³/mol. The van der Waals surface area contributed by atoms with Gasteiger partial charge in [-0.25, -0.2) is 0 Å². The zero-order chi connectivity index (χ0) is 15.8. The molecule has 1 unspecified atom stereocenters. The number of nitrogens with one attached hydrogen (secondary N) is 1. The number of phenolic OH excluding ortho intramolecular Hbond substituents is 1. The molecule has 0 aliphatic carbocycles. The summed E-state index contributed by atoms with van der Waals surface area (Å²) in [6.07, 6.45) is 4.41. The van der Waals surface area contributed by atoms with Crippen molar-refractivity contribution in [3.63, 3.8) is 0 Å². The van der Waals surface area contributed by atoms with Crippen LogP contribution in [0.15, 0.2) is 61.3 Å². The minimum absolute atomic E-state index is 0.0938. The molecule has 0 bridgehead atoms. The fourth-order valence-corrected chi connectivity index (χ4v) is 2.44. The SMILES string of the molecule is C=CNCCCC(C=O)c1cccc(-c2ccc(O)cc2)c1. The molecule has 0 aliphatic rings. The Bertz CT molecular complexity index is 620. The summed E-state index contributed by atoms with van der Waals surface area (Å²) < 4.78 is 0. The third-order valence-electron chi connectivity index (χ3n) is 3.66. The van der Waals surface area contributed by atoms with Crippen LogP contribution in [-0.2, 0) is 4.79 Å². The maximum absolute atomic E-state index is 11.4. The summed E-state index contributed by atoms with van der Waals surface area (Å²) in [5.41, 5.74) is 3.10. The van der Waals surface area contributed by atoms with Gasteiger partial charge in [0.15, 0.2) is 0 Å². The van der Waals surface area contributed by atoms with E-state index in [-0.39, 0.29) is 11.7 Å². The molecule has 0 saturated carbocycles. The maximum atomic E-state index is 11.4. The van der Waals surface area contributed by atoms with Crippen molar-refractivity contribution in [2.24, 2.45) is 0 Å². The minimum atomic E-state index is -0.0938. The number of phenols is 1. The van der Waals surface area contributed by atoms with Gasteiger partial charge >= 0.3 is 0 Å². The zero-order valence-corrected chi connectivity index (χ0v) is 12.5. The topological polar surface area (TPSA) is 49.3 Å². The van der Waals surface area contributed by atoms with Gasteiger partial charge in [-0.1, -0.05) is 43.0 Å². The van der Waals surface area contributed by atoms with E-state index < -0.39 is 0 Å². The van der Waals surface area contributed by atoms with Gasteiger partial charge in [-0.15, -0.1) is 0 Å². The van der Waals surface area contributed by atoms with E-state index in [4.69, 9.17) is 0 Å². The normalized spacial score (nSPS) is 11.6. The van der Waals surface area contributed by atoms with Crippen LogP contribution in [0.3, 0.4) is 0 Å². The van der Waals surface area contributed by atoms with Gasteiger partial charge in [0.2, 0.25) is 0 Å². The Kier molecular flexibility index (Phi) is 5.78. The van der Waals surface area contributed by atoms with Crippen molar-refractivity contribution in [1.29, 1.82) is 0 Å². The molecule has 0 aliphatic heterocycles. The number of benzene rings is 2. The van der Waals surface area contributed by atoms with Gasteiger partial charge in [0, 0.05) is 12.5 Å². The highest BCUT2D eigenvalue weighted by molar-refractivity contribution is 5.68. The lowest BCUT2D eigenvalue weighted by Gasteiger charge is -2.12. The lowest BCUT2D eigenvalue weighted by Crippen LogP contribution is -2.09. The van der Waals surface area contributed by atoms with Crippen LogP contribution < -0.4 is 5.32 Å². The maximum Gasteiger partial charge on any atom is 0.127 e. The molecule has 2 aromatic rings. The average Bonchev–Trinajstić information content (AvgIpc) is 2.56. The number of aromatic hydroxyl groups is 1. The van der Waals surface area contributed by atoms with Crippen molar-refractivity contribution in [3.05, 3.63) is 66.9 Å². The van der Waals surface area contributed by atoms with Gasteiger partial charge in [-0.2, -0.15) is 0 Å². The van der Waals surface area contributed by atoms with Crippen molar-refractivity contribution in [3.8, 4) is 16.9 Å². The van der Waals surface area contributed by atoms with Crippen molar-refractivity contribution in [1.82, 2.24) is 5.32 Å². The van der Waals surface area contributed by atoms with Crippen LogP contribution in [0.25, 0.3) is 11.1 Å². The van der Waals surface area contributed by atoms with E-state index >= 15 is 0 Å². The van der Waals surface area contributed by atoms with Crippen LogP contribution in [0, 0.1) is 0 Å². The van der Waals surface area contributed by atoms with E-state index in [2.05, 4.69) is 11.9 Å². The summed E-state index contributed by atoms with van der Waals surface area (Å²) in [6.45, 7) is 4.43. The van der Waals surface area contributed by atoms with Crippen molar-refractivity contribution >= 4 is 6.29 Å². The van der Waals surface area contributed by atoms with Gasteiger partial charge in [0.1, 0.15) is 12.0 Å². The third kappa shape index (κ3) is 4.22. The fraction of sp³-hybridized carbons (Fsp3) is 0.211. The van der Waals surface area contributed by atoms with E-state index in [0.717, 1.165) is 42.4 Å². The Morgan fingerprint density at radius 2 is 1.91 bits per heavy atom. The number of hydrogen-bond donors (Lipinski definition) is 2. The van der Waals surface area contributed by atoms with Crippen LogP contribution >= 0.6 is 0 Å². The highest BCUT2D eigenvalue weighted by Crippen LogP contribution is 2.26. The minimum Gasteiger partial charge on any atom is -0.508 e. The molecule has 0 saturated heterocycles. The number of aldehydes is 1. The largest absolute Gasteiger partial charge is 0.508 e. The second-order valence-electron chi connectivity index (χ2n) is 5.22. The summed E-state index contributed by atoms with van der Waals surface area (Å²) in [5, 5.41) is 12.4. The number of rotatable bonds is 8. The number of carbonyl (C=O) groups is 1. The molecule has 0 radical (unpaired) electrons. The highest BCUT2D eigenvalue weighted by Gasteiger charge is 2.11. The van der Waals surface area contributed by atoms with E-state index in [1.165, 1.54) is 0 Å². The van der Waals surface area contributed by atoms with Crippen molar-refractivity contribution < 1.29 is 9.90 Å². The van der Waals surface area contributed by atoms with Gasteiger partial charge in [-0.3, -0.25) is 0 Å². The van der Waals surface area contributed by atoms with Gasteiger partial charge in [0.05, 0.1) is 0 Å². The Labute approximate surface area is 131 Å². The number of carbonyl (C=O) groups excluding carboxylic acids is 1. The molecule has 0 aromatic heterocycles. The molecular weight excluding hydrogens is 274 g/mol. The lowest BCUT2D eigenvalue weighted by atomic mass is 9.92. The Morgan fingerprint density at radius 3 is 2.59 bits per heavy atom. The summed E-state index contributed by atoms with van der Waals surface area (Å²) in [7, 11) is 0. The monoisotopic (exact) mass is 295 g/mol. The Balaban J connectivity index is 2.13.